The molecule has 2 rings (SSSR count). The summed E-state index contributed by atoms with van der Waals surface area (Å²) < 4.78 is 26.7. The minimum Gasteiger partial charge on any atom is -0.301 e. The van der Waals surface area contributed by atoms with E-state index in [0.717, 1.165) is 51.1 Å². The summed E-state index contributed by atoms with van der Waals surface area (Å²) in [6, 6.07) is 0.735. The predicted octanol–water partition coefficient (Wildman–Crippen LogP) is 2.22. The zero-order chi connectivity index (χ0) is 20.6. The van der Waals surface area contributed by atoms with Crippen molar-refractivity contribution in [3.05, 3.63) is 0 Å². The van der Waals surface area contributed by atoms with Crippen molar-refractivity contribution in [2.24, 2.45) is 5.92 Å². The molecule has 166 valence electrons. The molecule has 0 bridgehead atoms. The molecule has 0 radical (unpaired) electrons. The number of piperidine rings is 1. The van der Waals surface area contributed by atoms with Crippen LogP contribution in [0.2, 0.25) is 0 Å². The number of nitrogens with zero attached hydrogens (tertiary/aromatic N) is 3. The van der Waals surface area contributed by atoms with Gasteiger partial charge in [0.1, 0.15) is 0 Å². The Balaban J connectivity index is 1.57. The molecule has 2 unspecified atom stereocenters. The average Bonchev–Trinajstić information content (AvgIpc) is 2.71. The van der Waals surface area contributed by atoms with Crippen LogP contribution in [-0.4, -0.2) is 93.3 Å². The van der Waals surface area contributed by atoms with E-state index in [1.807, 2.05) is 6.92 Å². The van der Waals surface area contributed by atoms with Crippen molar-refractivity contribution in [1.29, 1.82) is 0 Å². The third-order valence-electron chi connectivity index (χ3n) is 6.90. The lowest BCUT2D eigenvalue weighted by Gasteiger charge is -2.40. The molecular weight excluding hydrogens is 372 g/mol. The van der Waals surface area contributed by atoms with Crippen LogP contribution in [-0.2, 0) is 10.0 Å². The highest BCUT2D eigenvalue weighted by molar-refractivity contribution is 7.90. The molecule has 0 aromatic heterocycles. The lowest BCUT2D eigenvalue weighted by atomic mass is 9.94. The standard InChI is InChI=1S/C21H44N4O2S/c1-5-19(3)25-12-8-21(9-13-25)18-24-16-14-23(15-17-24)11-7-10-22-28(26,27)20(4)6-2/h19-22H,5-18H2,1-4H3. The van der Waals surface area contributed by atoms with Gasteiger partial charge in [0, 0.05) is 45.3 Å². The molecular formula is C21H44N4O2S. The van der Waals surface area contributed by atoms with Crippen LogP contribution in [0.15, 0.2) is 0 Å². The van der Waals surface area contributed by atoms with Gasteiger partial charge in [-0.05, 0) is 71.5 Å². The Morgan fingerprint density at radius 1 is 0.929 bits per heavy atom. The van der Waals surface area contributed by atoms with E-state index < -0.39 is 10.0 Å². The van der Waals surface area contributed by atoms with Crippen molar-refractivity contribution in [2.45, 2.75) is 71.1 Å². The summed E-state index contributed by atoms with van der Waals surface area (Å²) in [6.07, 6.45) is 5.51. The SMILES string of the molecule is CCC(C)N1CCC(CN2CCN(CCCNS(=O)(=O)C(C)CC)CC2)CC1. The van der Waals surface area contributed by atoms with Crippen molar-refractivity contribution < 1.29 is 8.42 Å². The molecule has 0 amide bonds. The number of hydrogen-bond donors (Lipinski definition) is 1. The third kappa shape index (κ3) is 7.56. The first kappa shape index (κ1) is 24.1. The molecule has 2 aliphatic heterocycles. The van der Waals surface area contributed by atoms with Gasteiger partial charge in [-0.3, -0.25) is 0 Å². The van der Waals surface area contributed by atoms with E-state index >= 15 is 0 Å². The maximum absolute atomic E-state index is 12.0. The minimum absolute atomic E-state index is 0.298. The third-order valence-corrected chi connectivity index (χ3v) is 8.90. The van der Waals surface area contributed by atoms with E-state index in [2.05, 4.69) is 33.3 Å². The maximum atomic E-state index is 12.0. The molecule has 0 aromatic rings. The van der Waals surface area contributed by atoms with Gasteiger partial charge >= 0.3 is 0 Å². The fourth-order valence-electron chi connectivity index (χ4n) is 4.27. The zero-order valence-corrected chi connectivity index (χ0v) is 19.5. The number of sulfonamides is 1. The molecule has 0 spiro atoms. The van der Waals surface area contributed by atoms with Crippen molar-refractivity contribution >= 4 is 10.0 Å². The Hall–Kier alpha value is -0.210. The first-order valence-electron chi connectivity index (χ1n) is 11.5. The van der Waals surface area contributed by atoms with E-state index in [9.17, 15) is 8.42 Å². The molecule has 6 nitrogen and oxygen atoms in total. The second-order valence-electron chi connectivity index (χ2n) is 8.89. The fourth-order valence-corrected chi connectivity index (χ4v) is 5.43. The fraction of sp³-hybridized carbons (Fsp3) is 1.00. The van der Waals surface area contributed by atoms with E-state index in [0.29, 0.717) is 13.0 Å². The second-order valence-corrected chi connectivity index (χ2v) is 11.1. The van der Waals surface area contributed by atoms with Crippen LogP contribution in [0.25, 0.3) is 0 Å². The van der Waals surface area contributed by atoms with Crippen LogP contribution >= 0.6 is 0 Å². The summed E-state index contributed by atoms with van der Waals surface area (Å²) in [5.41, 5.74) is 0. The normalized spacial score (nSPS) is 23.7. The molecule has 0 saturated carbocycles. The van der Waals surface area contributed by atoms with Gasteiger partial charge in [0.2, 0.25) is 10.0 Å². The van der Waals surface area contributed by atoms with E-state index in [4.69, 9.17) is 0 Å². The highest BCUT2D eigenvalue weighted by Gasteiger charge is 2.25. The van der Waals surface area contributed by atoms with Gasteiger partial charge in [0.25, 0.3) is 0 Å². The molecule has 7 heteroatoms. The molecule has 0 aliphatic carbocycles. The first-order valence-corrected chi connectivity index (χ1v) is 13.1. The van der Waals surface area contributed by atoms with Crippen LogP contribution in [0.4, 0.5) is 0 Å². The van der Waals surface area contributed by atoms with Crippen molar-refractivity contribution in [3.63, 3.8) is 0 Å². The molecule has 0 aromatic carbocycles. The predicted molar refractivity (Wildman–Crippen MR) is 118 cm³/mol. The monoisotopic (exact) mass is 416 g/mol. The summed E-state index contributed by atoms with van der Waals surface area (Å²) >= 11 is 0. The number of rotatable bonds is 11. The van der Waals surface area contributed by atoms with Gasteiger partial charge in [-0.2, -0.15) is 0 Å². The van der Waals surface area contributed by atoms with Gasteiger partial charge < -0.3 is 14.7 Å². The highest BCUT2D eigenvalue weighted by Crippen LogP contribution is 2.21. The van der Waals surface area contributed by atoms with E-state index in [1.165, 1.54) is 38.9 Å². The molecule has 2 heterocycles. The number of likely N-dealkylation sites (tertiary alicyclic amines) is 1. The zero-order valence-electron chi connectivity index (χ0n) is 18.7. The van der Waals surface area contributed by atoms with Gasteiger partial charge in [0.15, 0.2) is 0 Å². The molecule has 2 saturated heterocycles. The Morgan fingerprint density at radius 3 is 2.11 bits per heavy atom. The Kier molecular flexibility index (Phi) is 10.2. The summed E-state index contributed by atoms with van der Waals surface area (Å²) in [5.74, 6) is 0.863. The molecule has 2 fully saturated rings. The number of piperazine rings is 1. The van der Waals surface area contributed by atoms with Gasteiger partial charge in [-0.15, -0.1) is 0 Å². The van der Waals surface area contributed by atoms with Crippen LogP contribution in [0.3, 0.4) is 0 Å². The van der Waals surface area contributed by atoms with Gasteiger partial charge in [0.05, 0.1) is 5.25 Å². The Labute approximate surface area is 174 Å². The summed E-state index contributed by atoms with van der Waals surface area (Å²) in [7, 11) is -3.13. The van der Waals surface area contributed by atoms with Crippen molar-refractivity contribution in [1.82, 2.24) is 19.4 Å². The Morgan fingerprint density at radius 2 is 1.54 bits per heavy atom. The van der Waals surface area contributed by atoms with Crippen molar-refractivity contribution in [3.8, 4) is 0 Å². The molecule has 2 aliphatic rings. The quantitative estimate of drug-likeness (QED) is 0.524. The number of hydrogen-bond acceptors (Lipinski definition) is 5. The largest absolute Gasteiger partial charge is 0.301 e. The lowest BCUT2D eigenvalue weighted by Crippen LogP contribution is -2.49. The van der Waals surface area contributed by atoms with E-state index in [-0.39, 0.29) is 5.25 Å². The summed E-state index contributed by atoms with van der Waals surface area (Å²) in [4.78, 5) is 7.79. The van der Waals surface area contributed by atoms with Crippen LogP contribution in [0.5, 0.6) is 0 Å². The van der Waals surface area contributed by atoms with Crippen LogP contribution < -0.4 is 4.72 Å². The molecule has 1 N–H and O–H groups in total. The second kappa shape index (κ2) is 11.8. The summed E-state index contributed by atoms with van der Waals surface area (Å²) in [6.45, 7) is 18.2. The minimum atomic E-state index is -3.13. The Bertz CT molecular complexity index is 527. The lowest BCUT2D eigenvalue weighted by molar-refractivity contribution is 0.0840. The molecule has 28 heavy (non-hydrogen) atoms. The topological polar surface area (TPSA) is 55.9 Å². The first-order chi connectivity index (χ1) is 13.4. The number of nitrogens with one attached hydrogen (secondary N) is 1. The van der Waals surface area contributed by atoms with Crippen LogP contribution in [0.1, 0.15) is 59.8 Å². The molecule has 2 atom stereocenters. The highest BCUT2D eigenvalue weighted by atomic mass is 32.2. The van der Waals surface area contributed by atoms with Crippen molar-refractivity contribution in [2.75, 3.05) is 58.9 Å². The van der Waals surface area contributed by atoms with Gasteiger partial charge in [-0.25, -0.2) is 13.1 Å². The average molecular weight is 417 g/mol. The smallest absolute Gasteiger partial charge is 0.214 e. The van der Waals surface area contributed by atoms with Crippen LogP contribution in [0, 0.1) is 5.92 Å². The van der Waals surface area contributed by atoms with Gasteiger partial charge in [-0.1, -0.05) is 13.8 Å². The maximum Gasteiger partial charge on any atom is 0.214 e. The van der Waals surface area contributed by atoms with E-state index in [1.54, 1.807) is 6.92 Å². The summed E-state index contributed by atoms with van der Waals surface area (Å²) in [5, 5.41) is -0.298.